The summed E-state index contributed by atoms with van der Waals surface area (Å²) in [7, 11) is 0. The van der Waals surface area contributed by atoms with Crippen LogP contribution in [0.2, 0.25) is 5.15 Å². The van der Waals surface area contributed by atoms with Crippen molar-refractivity contribution in [3.05, 3.63) is 63.7 Å². The average Bonchev–Trinajstić information content (AvgIpc) is 2.92. The molecule has 118 valence electrons. The van der Waals surface area contributed by atoms with E-state index in [4.69, 9.17) is 11.6 Å². The molecule has 1 aromatic heterocycles. The molecule has 1 fully saturated rings. The molecule has 0 radical (unpaired) electrons. The third kappa shape index (κ3) is 4.64. The molecule has 1 aromatic rings. The lowest BCUT2D eigenvalue weighted by Crippen LogP contribution is -2.23. The molecule has 8 heteroatoms. The summed E-state index contributed by atoms with van der Waals surface area (Å²) in [5.74, 6) is 1.32. The predicted octanol–water partition coefficient (Wildman–Crippen LogP) is 2.50. The molecular formula is C14H17ClN4O2S. The van der Waals surface area contributed by atoms with Crippen LogP contribution in [-0.4, -0.2) is 39.0 Å². The van der Waals surface area contributed by atoms with Gasteiger partial charge in [0.2, 0.25) is 0 Å². The van der Waals surface area contributed by atoms with Crippen LogP contribution in [0, 0.1) is 10.1 Å². The molecule has 22 heavy (non-hydrogen) atoms. The summed E-state index contributed by atoms with van der Waals surface area (Å²) < 4.78 is 0. The van der Waals surface area contributed by atoms with Gasteiger partial charge in [-0.15, -0.1) is 6.58 Å². The van der Waals surface area contributed by atoms with Crippen molar-refractivity contribution in [2.75, 3.05) is 18.8 Å². The maximum absolute atomic E-state index is 11.1. The lowest BCUT2D eigenvalue weighted by Gasteiger charge is -2.19. The van der Waals surface area contributed by atoms with Gasteiger partial charge in [0, 0.05) is 42.6 Å². The third-order valence-electron chi connectivity index (χ3n) is 3.08. The van der Waals surface area contributed by atoms with Gasteiger partial charge in [0.25, 0.3) is 5.37 Å². The molecule has 1 aliphatic rings. The van der Waals surface area contributed by atoms with E-state index in [1.807, 2.05) is 6.07 Å². The highest BCUT2D eigenvalue weighted by atomic mass is 35.5. The number of nitro groups is 1. The van der Waals surface area contributed by atoms with E-state index in [1.165, 1.54) is 11.8 Å². The number of nitrogens with zero attached hydrogens (tertiary/aromatic N) is 3. The van der Waals surface area contributed by atoms with Crippen molar-refractivity contribution in [1.29, 1.82) is 0 Å². The van der Waals surface area contributed by atoms with Crippen LogP contribution in [0.15, 0.2) is 42.9 Å². The first-order valence-corrected chi connectivity index (χ1v) is 8.20. The molecule has 0 saturated carbocycles. The minimum absolute atomic E-state index is 0.288. The van der Waals surface area contributed by atoms with E-state index in [9.17, 15) is 10.1 Å². The van der Waals surface area contributed by atoms with Crippen LogP contribution in [0.1, 0.15) is 5.56 Å². The van der Waals surface area contributed by atoms with Crippen LogP contribution >= 0.6 is 23.4 Å². The molecule has 1 atom stereocenters. The second-order valence-electron chi connectivity index (χ2n) is 4.69. The van der Waals surface area contributed by atoms with Crippen molar-refractivity contribution in [2.24, 2.45) is 0 Å². The zero-order chi connectivity index (χ0) is 15.9. The number of hydrogen-bond acceptors (Lipinski definition) is 6. The van der Waals surface area contributed by atoms with E-state index in [0.717, 1.165) is 24.5 Å². The molecule has 0 spiro atoms. The second kappa shape index (κ2) is 8.05. The quantitative estimate of drug-likeness (QED) is 0.270. The van der Waals surface area contributed by atoms with Gasteiger partial charge in [0.15, 0.2) is 0 Å². The Hall–Kier alpha value is -1.73. The van der Waals surface area contributed by atoms with Crippen molar-refractivity contribution in [1.82, 2.24) is 15.2 Å². The monoisotopic (exact) mass is 340 g/mol. The van der Waals surface area contributed by atoms with Crippen LogP contribution in [-0.2, 0) is 6.54 Å². The molecule has 1 unspecified atom stereocenters. The van der Waals surface area contributed by atoms with Gasteiger partial charge in [0.05, 0.1) is 0 Å². The van der Waals surface area contributed by atoms with E-state index in [-0.39, 0.29) is 4.92 Å². The smallest absolute Gasteiger partial charge is 0.280 e. The minimum atomic E-state index is -0.788. The number of halogens is 1. The molecule has 0 aliphatic carbocycles. The fraction of sp³-hybridized carbons (Fsp3) is 0.357. The number of nitrogens with one attached hydrogen (secondary N) is 1. The molecule has 6 nitrogen and oxygen atoms in total. The van der Waals surface area contributed by atoms with Gasteiger partial charge in [-0.3, -0.25) is 10.1 Å². The van der Waals surface area contributed by atoms with Gasteiger partial charge < -0.3 is 10.2 Å². The Morgan fingerprint density at radius 2 is 2.45 bits per heavy atom. The van der Waals surface area contributed by atoms with Crippen LogP contribution in [0.25, 0.3) is 0 Å². The van der Waals surface area contributed by atoms with Crippen LogP contribution < -0.4 is 5.32 Å². The second-order valence-corrected chi connectivity index (χ2v) is 6.22. The molecule has 0 amide bonds. The fourth-order valence-corrected chi connectivity index (χ4v) is 2.86. The maximum Gasteiger partial charge on any atom is 0.280 e. The largest absolute Gasteiger partial charge is 0.370 e. The highest BCUT2D eigenvalue weighted by molar-refractivity contribution is 8.00. The number of pyridine rings is 1. The molecule has 1 aliphatic heterocycles. The highest BCUT2D eigenvalue weighted by Crippen LogP contribution is 2.19. The Morgan fingerprint density at radius 1 is 1.64 bits per heavy atom. The molecule has 1 saturated heterocycles. The first-order chi connectivity index (χ1) is 10.6. The Balaban J connectivity index is 2.07. The normalized spacial score (nSPS) is 17.3. The molecule has 0 aromatic carbocycles. The van der Waals surface area contributed by atoms with Gasteiger partial charge in [-0.2, -0.15) is 0 Å². The summed E-state index contributed by atoms with van der Waals surface area (Å²) >= 11 is 7.01. The molecule has 1 N–H and O–H groups in total. The topological polar surface area (TPSA) is 71.3 Å². The van der Waals surface area contributed by atoms with Crippen LogP contribution in [0.3, 0.4) is 0 Å². The van der Waals surface area contributed by atoms with E-state index >= 15 is 0 Å². The lowest BCUT2D eigenvalue weighted by molar-refractivity contribution is -0.483. The summed E-state index contributed by atoms with van der Waals surface area (Å²) in [6.45, 7) is 5.80. The fourth-order valence-electron chi connectivity index (χ4n) is 2.07. The molecule has 2 rings (SSSR count). The van der Waals surface area contributed by atoms with E-state index in [2.05, 4.69) is 21.8 Å². The summed E-state index contributed by atoms with van der Waals surface area (Å²) in [5, 5.41) is 14.0. The number of hydrogen-bond donors (Lipinski definition) is 1. The van der Waals surface area contributed by atoms with E-state index in [1.54, 1.807) is 24.4 Å². The lowest BCUT2D eigenvalue weighted by atomic mass is 10.2. The Labute approximate surface area is 138 Å². The Kier molecular flexibility index (Phi) is 6.09. The zero-order valence-electron chi connectivity index (χ0n) is 11.9. The van der Waals surface area contributed by atoms with Crippen molar-refractivity contribution in [3.63, 3.8) is 0 Å². The van der Waals surface area contributed by atoms with Crippen molar-refractivity contribution >= 4 is 23.4 Å². The van der Waals surface area contributed by atoms with Gasteiger partial charge >= 0.3 is 0 Å². The Morgan fingerprint density at radius 3 is 3.09 bits per heavy atom. The number of aromatic nitrogens is 1. The number of rotatable bonds is 7. The SMILES string of the molecule is C=CCSC(C=C1NCCN1Cc1ccc(Cl)nc1)[N+](=O)[O-]. The van der Waals surface area contributed by atoms with E-state index < -0.39 is 5.37 Å². The van der Waals surface area contributed by atoms with Crippen molar-refractivity contribution in [2.45, 2.75) is 11.9 Å². The zero-order valence-corrected chi connectivity index (χ0v) is 13.5. The summed E-state index contributed by atoms with van der Waals surface area (Å²) in [5.41, 5.74) is 1.01. The van der Waals surface area contributed by atoms with Gasteiger partial charge in [-0.25, -0.2) is 4.98 Å². The Bertz CT molecular complexity index is 564. The first-order valence-electron chi connectivity index (χ1n) is 6.77. The van der Waals surface area contributed by atoms with Crippen LogP contribution in [0.4, 0.5) is 0 Å². The molecular weight excluding hydrogens is 324 g/mol. The molecule has 2 heterocycles. The van der Waals surface area contributed by atoms with Crippen molar-refractivity contribution < 1.29 is 4.92 Å². The van der Waals surface area contributed by atoms with Crippen molar-refractivity contribution in [3.8, 4) is 0 Å². The van der Waals surface area contributed by atoms with Gasteiger partial charge in [-0.1, -0.05) is 35.5 Å². The highest BCUT2D eigenvalue weighted by Gasteiger charge is 2.23. The third-order valence-corrected chi connectivity index (χ3v) is 4.39. The minimum Gasteiger partial charge on any atom is -0.370 e. The summed E-state index contributed by atoms with van der Waals surface area (Å²) in [4.78, 5) is 17.0. The van der Waals surface area contributed by atoms with Crippen LogP contribution in [0.5, 0.6) is 0 Å². The summed E-state index contributed by atoms with van der Waals surface area (Å²) in [6, 6.07) is 3.65. The molecule has 0 bridgehead atoms. The first kappa shape index (κ1) is 16.6. The van der Waals surface area contributed by atoms with E-state index in [0.29, 0.717) is 17.5 Å². The van der Waals surface area contributed by atoms with Gasteiger partial charge in [0.1, 0.15) is 11.0 Å². The number of thioether (sulfide) groups is 1. The predicted molar refractivity (Wildman–Crippen MR) is 89.2 cm³/mol. The maximum atomic E-state index is 11.1. The summed E-state index contributed by atoms with van der Waals surface area (Å²) in [6.07, 6.45) is 5.04. The standard InChI is InChI=1S/C14H17ClN4O2S/c1-2-7-22-14(19(20)21)8-13-16-5-6-18(13)10-11-3-4-12(15)17-9-11/h2-4,8-9,14,16H,1,5-7,10H2. The average molecular weight is 341 g/mol. The van der Waals surface area contributed by atoms with Gasteiger partial charge in [-0.05, 0) is 11.6 Å².